The molecule has 2 nitrogen and oxygen atoms in total. The van der Waals surface area contributed by atoms with Gasteiger partial charge in [-0.3, -0.25) is 0 Å². The van der Waals surface area contributed by atoms with Crippen LogP contribution >= 0.6 is 0 Å². The third-order valence-corrected chi connectivity index (χ3v) is 4.57. The normalized spacial score (nSPS) is 16.8. The Hall–Kier alpha value is -1.02. The van der Waals surface area contributed by atoms with Crippen LogP contribution in [0.25, 0.3) is 0 Å². The van der Waals surface area contributed by atoms with Crippen LogP contribution in [0.5, 0.6) is 0 Å². The fourth-order valence-corrected chi connectivity index (χ4v) is 2.89. The van der Waals surface area contributed by atoms with Crippen molar-refractivity contribution in [2.45, 2.75) is 40.5 Å². The topological polar surface area (TPSA) is 23.5 Å². The van der Waals surface area contributed by atoms with Crippen LogP contribution in [0.1, 0.15) is 35.1 Å². The van der Waals surface area contributed by atoms with Crippen molar-refractivity contribution in [1.82, 2.24) is 0 Å². The van der Waals surface area contributed by atoms with Gasteiger partial charge in [-0.1, -0.05) is 6.07 Å². The first-order valence-electron chi connectivity index (χ1n) is 6.79. The van der Waals surface area contributed by atoms with Gasteiger partial charge in [-0.15, -0.1) is 0 Å². The number of benzene rings is 1. The molecule has 1 aliphatic rings. The van der Waals surface area contributed by atoms with Gasteiger partial charge in [0.2, 0.25) is 0 Å². The second-order valence-electron chi connectivity index (χ2n) is 6.12. The molecular weight excluding hydrogens is 222 g/mol. The van der Waals surface area contributed by atoms with E-state index in [1.807, 2.05) is 0 Å². The quantitative estimate of drug-likeness (QED) is 0.883. The van der Waals surface area contributed by atoms with Crippen LogP contribution < -0.4 is 4.90 Å². The first-order valence-corrected chi connectivity index (χ1v) is 6.79. The number of aliphatic hydroxyl groups is 1. The van der Waals surface area contributed by atoms with E-state index in [0.717, 1.165) is 19.4 Å². The molecule has 0 aromatic heterocycles. The summed E-state index contributed by atoms with van der Waals surface area (Å²) in [6.45, 7) is 10.0. The second kappa shape index (κ2) is 4.58. The van der Waals surface area contributed by atoms with Gasteiger partial charge in [0.25, 0.3) is 0 Å². The van der Waals surface area contributed by atoms with Crippen LogP contribution in [0, 0.1) is 33.1 Å². The number of hydrogen-bond donors (Lipinski definition) is 1. The maximum Gasteiger partial charge on any atom is 0.0504 e. The van der Waals surface area contributed by atoms with Crippen LogP contribution in [0.15, 0.2) is 6.07 Å². The van der Waals surface area contributed by atoms with Crippen molar-refractivity contribution in [3.05, 3.63) is 28.3 Å². The van der Waals surface area contributed by atoms with E-state index < -0.39 is 0 Å². The maximum absolute atomic E-state index is 9.47. The first-order chi connectivity index (χ1) is 8.40. The Morgan fingerprint density at radius 1 is 1.11 bits per heavy atom. The Labute approximate surface area is 111 Å². The lowest BCUT2D eigenvalue weighted by Crippen LogP contribution is -2.30. The number of hydrogen-bond acceptors (Lipinski definition) is 2. The molecule has 100 valence electrons. The van der Waals surface area contributed by atoms with Crippen molar-refractivity contribution >= 4 is 5.69 Å². The highest BCUT2D eigenvalue weighted by molar-refractivity contribution is 5.63. The summed E-state index contributed by atoms with van der Waals surface area (Å²) in [4.78, 5) is 2.34. The molecule has 0 heterocycles. The van der Waals surface area contributed by atoms with Gasteiger partial charge in [-0.2, -0.15) is 0 Å². The van der Waals surface area contributed by atoms with Crippen molar-refractivity contribution in [2.24, 2.45) is 5.41 Å². The first kappa shape index (κ1) is 13.4. The smallest absolute Gasteiger partial charge is 0.0504 e. The highest BCUT2D eigenvalue weighted by Crippen LogP contribution is 2.46. The summed E-state index contributed by atoms with van der Waals surface area (Å²) in [5.41, 5.74) is 6.98. The van der Waals surface area contributed by atoms with Gasteiger partial charge in [0.15, 0.2) is 0 Å². The van der Waals surface area contributed by atoms with Gasteiger partial charge in [0.05, 0.1) is 6.61 Å². The lowest BCUT2D eigenvalue weighted by Gasteiger charge is -2.29. The van der Waals surface area contributed by atoms with Gasteiger partial charge in [0.1, 0.15) is 0 Å². The molecule has 0 atom stereocenters. The Balaban J connectivity index is 2.32. The highest BCUT2D eigenvalue weighted by Gasteiger charge is 2.43. The lowest BCUT2D eigenvalue weighted by atomic mass is 9.97. The van der Waals surface area contributed by atoms with E-state index in [9.17, 15) is 5.11 Å². The average Bonchev–Trinajstić information content (AvgIpc) is 3.07. The molecule has 18 heavy (non-hydrogen) atoms. The molecule has 2 heteroatoms. The van der Waals surface area contributed by atoms with Gasteiger partial charge in [-0.05, 0) is 62.8 Å². The SMILES string of the molecule is Cc1cc(C)c(C)c(N(C)CC2(CO)CC2)c1C. The Bertz CT molecular complexity index is 434. The Kier molecular flexibility index (Phi) is 3.41. The Morgan fingerprint density at radius 3 is 2.00 bits per heavy atom. The minimum absolute atomic E-state index is 0.172. The molecule has 1 aromatic rings. The summed E-state index contributed by atoms with van der Waals surface area (Å²) in [6, 6.07) is 2.26. The van der Waals surface area contributed by atoms with Crippen LogP contribution in [0.3, 0.4) is 0 Å². The predicted molar refractivity (Wildman–Crippen MR) is 77.4 cm³/mol. The maximum atomic E-state index is 9.47. The summed E-state index contributed by atoms with van der Waals surface area (Å²) in [5.74, 6) is 0. The molecular formula is C16H25NO. The zero-order valence-electron chi connectivity index (χ0n) is 12.3. The fraction of sp³-hybridized carbons (Fsp3) is 0.625. The molecule has 0 unspecified atom stereocenters. The summed E-state index contributed by atoms with van der Waals surface area (Å²) in [6.07, 6.45) is 2.33. The number of aryl methyl sites for hydroxylation is 2. The van der Waals surface area contributed by atoms with E-state index in [1.54, 1.807) is 0 Å². The van der Waals surface area contributed by atoms with E-state index in [-0.39, 0.29) is 5.41 Å². The van der Waals surface area contributed by atoms with Crippen molar-refractivity contribution in [2.75, 3.05) is 25.1 Å². The van der Waals surface area contributed by atoms with Gasteiger partial charge >= 0.3 is 0 Å². The van der Waals surface area contributed by atoms with E-state index in [4.69, 9.17) is 0 Å². The number of nitrogens with zero attached hydrogens (tertiary/aromatic N) is 1. The molecule has 0 saturated heterocycles. The van der Waals surface area contributed by atoms with Crippen molar-refractivity contribution in [1.29, 1.82) is 0 Å². The summed E-state index contributed by atoms with van der Waals surface area (Å²) >= 11 is 0. The molecule has 1 saturated carbocycles. The number of anilines is 1. The molecule has 0 radical (unpaired) electrons. The van der Waals surface area contributed by atoms with E-state index in [2.05, 4.69) is 45.7 Å². The summed E-state index contributed by atoms with van der Waals surface area (Å²) in [5, 5.41) is 9.47. The number of aliphatic hydroxyl groups excluding tert-OH is 1. The van der Waals surface area contributed by atoms with Crippen LogP contribution in [-0.4, -0.2) is 25.3 Å². The Morgan fingerprint density at radius 2 is 1.61 bits per heavy atom. The molecule has 1 N–H and O–H groups in total. The van der Waals surface area contributed by atoms with Gasteiger partial charge in [-0.25, -0.2) is 0 Å². The molecule has 0 spiro atoms. The third-order valence-electron chi connectivity index (χ3n) is 4.57. The lowest BCUT2D eigenvalue weighted by molar-refractivity contribution is 0.215. The van der Waals surface area contributed by atoms with Crippen molar-refractivity contribution in [3.8, 4) is 0 Å². The molecule has 1 aromatic carbocycles. The van der Waals surface area contributed by atoms with Crippen molar-refractivity contribution < 1.29 is 5.11 Å². The van der Waals surface area contributed by atoms with Crippen LogP contribution in [-0.2, 0) is 0 Å². The molecule has 0 amide bonds. The van der Waals surface area contributed by atoms with E-state index in [0.29, 0.717) is 6.61 Å². The minimum atomic E-state index is 0.172. The molecule has 1 aliphatic carbocycles. The van der Waals surface area contributed by atoms with Crippen LogP contribution in [0.2, 0.25) is 0 Å². The average molecular weight is 247 g/mol. The summed E-state index contributed by atoms with van der Waals surface area (Å²) < 4.78 is 0. The number of rotatable bonds is 4. The monoisotopic (exact) mass is 247 g/mol. The van der Waals surface area contributed by atoms with Gasteiger partial charge in [0, 0.05) is 24.7 Å². The van der Waals surface area contributed by atoms with E-state index in [1.165, 1.54) is 27.9 Å². The summed E-state index contributed by atoms with van der Waals surface area (Å²) in [7, 11) is 2.16. The standard InChI is InChI=1S/C16H25NO/c1-11-8-12(2)14(4)15(13(11)3)17(5)9-16(10-18)6-7-16/h8,18H,6-7,9-10H2,1-5H3. The highest BCUT2D eigenvalue weighted by atomic mass is 16.3. The minimum Gasteiger partial charge on any atom is -0.396 e. The zero-order chi connectivity index (χ0) is 13.5. The zero-order valence-corrected chi connectivity index (χ0v) is 12.3. The second-order valence-corrected chi connectivity index (χ2v) is 6.12. The molecule has 0 bridgehead atoms. The molecule has 1 fully saturated rings. The van der Waals surface area contributed by atoms with E-state index >= 15 is 0 Å². The molecule has 2 rings (SSSR count). The molecule has 0 aliphatic heterocycles. The fourth-order valence-electron chi connectivity index (χ4n) is 2.89. The van der Waals surface area contributed by atoms with Crippen LogP contribution in [0.4, 0.5) is 5.69 Å². The third kappa shape index (κ3) is 2.26. The van der Waals surface area contributed by atoms with Crippen molar-refractivity contribution in [3.63, 3.8) is 0 Å². The largest absolute Gasteiger partial charge is 0.396 e. The van der Waals surface area contributed by atoms with Gasteiger partial charge < -0.3 is 10.0 Å². The predicted octanol–water partition coefficient (Wildman–Crippen LogP) is 3.13.